The molecule has 408 valence electrons. The SMILES string of the molecule is CCOC(=O)/C=C/C(=O)N(CC(N)=O)NC(=O)[C@@H]1CCCN1C(=O)CCCCCNC(=O)CCCCCN1/C(=C/C=C/C=C/CC2=[N+](CC)c3ccc(S(=O)(=O)O)cc3C2(C)C)C(C)(C)c2cc(S(=O)(=O)[O-])ccc21. The first-order valence-corrected chi connectivity index (χ1v) is 28.2. The van der Waals surface area contributed by atoms with Crippen LogP contribution < -0.4 is 21.4 Å². The normalized spacial score (nSPS) is 17.5. The van der Waals surface area contributed by atoms with Crippen molar-refractivity contribution in [2.24, 2.45) is 5.73 Å². The summed E-state index contributed by atoms with van der Waals surface area (Å²) in [4.78, 5) is 78.1. The van der Waals surface area contributed by atoms with Crippen LogP contribution in [-0.4, -0.2) is 127 Å². The number of hydrogen-bond acceptors (Lipinski definition) is 13. The minimum Gasteiger partial charge on any atom is -0.744 e. The van der Waals surface area contributed by atoms with Gasteiger partial charge in [0.15, 0.2) is 5.71 Å². The highest BCUT2D eigenvalue weighted by Crippen LogP contribution is 2.49. The van der Waals surface area contributed by atoms with Crippen LogP contribution in [0, 0.1) is 0 Å². The van der Waals surface area contributed by atoms with Gasteiger partial charge in [0, 0.05) is 79.5 Å². The smallest absolute Gasteiger partial charge is 0.330 e. The Bertz CT molecular complexity index is 2890. The average Bonchev–Trinajstić information content (AvgIpc) is 3.98. The average molecular weight is 1080 g/mol. The van der Waals surface area contributed by atoms with Gasteiger partial charge in [-0.25, -0.2) is 18.2 Å². The van der Waals surface area contributed by atoms with Gasteiger partial charge in [-0.1, -0.05) is 51.0 Å². The number of esters is 1. The molecule has 3 aliphatic rings. The standard InChI is InChI=1S/C53H71N7O13S2/c1-7-57-41-27-25-37(74(67,68)69)34-39(41)52(3,4)44(57)21-13-9-10-14-22-45-53(5,6)40-35-38(75(70,71)72)26-28-42(40)58(45)32-18-12-15-23-47(62)55-31-17-11-16-24-48(63)59-33-19-20-43(59)51(66)56-60(36-46(54)61)49(64)29-30-50(65)73-8-2/h9-10,13-14,22,25-30,34-35,43H,7-8,11-12,15-21,23-24,31-33,36H2,1-6H3,(H5-,54,55,56,61,62,66,67,68,69,70,71,72)/b13-9+,14-10+,30-29+,45-22+/t43-/m0/s1. The summed E-state index contributed by atoms with van der Waals surface area (Å²) in [5.74, 6) is -3.56. The van der Waals surface area contributed by atoms with Crippen molar-refractivity contribution >= 4 is 72.8 Å². The minimum absolute atomic E-state index is 0.0892. The first kappa shape index (κ1) is 59.4. The number of benzene rings is 2. The lowest BCUT2D eigenvalue weighted by Gasteiger charge is -2.27. The molecule has 20 nitrogen and oxygen atoms in total. The zero-order chi connectivity index (χ0) is 55.3. The van der Waals surface area contributed by atoms with E-state index in [-0.39, 0.29) is 34.6 Å². The number of carbonyl (C=O) groups excluding carboxylic acids is 6. The van der Waals surface area contributed by atoms with Gasteiger partial charge in [-0.2, -0.15) is 13.0 Å². The monoisotopic (exact) mass is 1080 g/mol. The number of likely N-dealkylation sites (tertiary alicyclic amines) is 1. The minimum atomic E-state index is -4.70. The molecule has 0 spiro atoms. The van der Waals surface area contributed by atoms with Crippen molar-refractivity contribution in [3.63, 3.8) is 0 Å². The van der Waals surface area contributed by atoms with E-state index in [1.54, 1.807) is 19.1 Å². The molecule has 0 saturated carbocycles. The molecule has 5 N–H and O–H groups in total. The highest BCUT2D eigenvalue weighted by atomic mass is 32.2. The molecule has 22 heteroatoms. The summed E-state index contributed by atoms with van der Waals surface area (Å²) >= 11 is 0. The maximum Gasteiger partial charge on any atom is 0.330 e. The topological polar surface area (TPSA) is 286 Å². The number of ether oxygens (including phenoxy) is 1. The second-order valence-corrected chi connectivity index (χ2v) is 22.4. The summed E-state index contributed by atoms with van der Waals surface area (Å²) in [5, 5.41) is 3.62. The van der Waals surface area contributed by atoms with Crippen molar-refractivity contribution in [2.75, 3.05) is 44.2 Å². The Hall–Kier alpha value is -6.49. The van der Waals surface area contributed by atoms with E-state index in [1.165, 1.54) is 29.2 Å². The molecule has 2 aromatic carbocycles. The molecule has 5 amide bonds. The maximum atomic E-state index is 13.2. The van der Waals surface area contributed by atoms with E-state index in [9.17, 15) is 54.7 Å². The van der Waals surface area contributed by atoms with Crippen LogP contribution in [0.15, 0.2) is 94.4 Å². The largest absolute Gasteiger partial charge is 0.744 e. The number of fused-ring (bicyclic) bond motifs is 2. The molecular formula is C53H71N7O13S2. The Labute approximate surface area is 440 Å². The molecular weight excluding hydrogens is 1010 g/mol. The van der Waals surface area contributed by atoms with E-state index in [0.29, 0.717) is 94.5 Å². The first-order chi connectivity index (χ1) is 35.3. The van der Waals surface area contributed by atoms with Crippen LogP contribution in [0.1, 0.15) is 123 Å². The Morgan fingerprint density at radius 2 is 1.57 bits per heavy atom. The Balaban J connectivity index is 1.08. The lowest BCUT2D eigenvalue weighted by Crippen LogP contribution is -2.55. The predicted octanol–water partition coefficient (Wildman–Crippen LogP) is 5.11. The summed E-state index contributed by atoms with van der Waals surface area (Å²) in [6.45, 7) is 13.1. The Morgan fingerprint density at radius 1 is 0.880 bits per heavy atom. The van der Waals surface area contributed by atoms with E-state index >= 15 is 0 Å². The zero-order valence-electron chi connectivity index (χ0n) is 43.6. The van der Waals surface area contributed by atoms with E-state index in [0.717, 1.165) is 46.9 Å². The van der Waals surface area contributed by atoms with Crippen LogP contribution in [-0.2, 0) is 64.6 Å². The highest BCUT2D eigenvalue weighted by molar-refractivity contribution is 7.86. The lowest BCUT2D eigenvalue weighted by molar-refractivity contribution is -0.435. The van der Waals surface area contributed by atoms with Gasteiger partial charge in [0.1, 0.15) is 29.2 Å². The molecule has 1 atom stereocenters. The van der Waals surface area contributed by atoms with Crippen molar-refractivity contribution in [3.05, 3.63) is 95.8 Å². The molecule has 1 fully saturated rings. The molecule has 1 saturated heterocycles. The number of hydrogen-bond donors (Lipinski definition) is 4. The van der Waals surface area contributed by atoms with E-state index < -0.39 is 67.3 Å². The summed E-state index contributed by atoms with van der Waals surface area (Å²) in [6, 6.07) is 8.26. The number of rotatable bonds is 25. The number of amides is 5. The number of unbranched alkanes of at least 4 members (excludes halogenated alkanes) is 4. The van der Waals surface area contributed by atoms with Gasteiger partial charge in [-0.05, 0) is 108 Å². The fraction of sp³-hybridized carbons (Fsp3) is 0.491. The predicted molar refractivity (Wildman–Crippen MR) is 280 cm³/mol. The van der Waals surface area contributed by atoms with Crippen molar-refractivity contribution in [1.82, 2.24) is 20.7 Å². The molecule has 0 aromatic heterocycles. The molecule has 3 heterocycles. The van der Waals surface area contributed by atoms with E-state index in [1.807, 2.05) is 65.0 Å². The maximum absolute atomic E-state index is 13.2. The molecule has 0 bridgehead atoms. The summed E-state index contributed by atoms with van der Waals surface area (Å²) < 4.78 is 76.6. The van der Waals surface area contributed by atoms with Crippen LogP contribution in [0.25, 0.3) is 0 Å². The third-order valence-corrected chi connectivity index (χ3v) is 15.4. The van der Waals surface area contributed by atoms with Gasteiger partial charge in [0.25, 0.3) is 21.9 Å². The molecule has 3 aliphatic heterocycles. The van der Waals surface area contributed by atoms with Crippen LogP contribution in [0.5, 0.6) is 0 Å². The van der Waals surface area contributed by atoms with Gasteiger partial charge in [-0.15, -0.1) is 0 Å². The molecule has 0 aliphatic carbocycles. The van der Waals surface area contributed by atoms with E-state index in [4.69, 9.17) is 10.5 Å². The van der Waals surface area contributed by atoms with Crippen LogP contribution in [0.3, 0.4) is 0 Å². The third-order valence-electron chi connectivity index (χ3n) is 13.7. The van der Waals surface area contributed by atoms with Crippen molar-refractivity contribution in [2.45, 2.75) is 139 Å². The Morgan fingerprint density at radius 3 is 2.25 bits per heavy atom. The zero-order valence-corrected chi connectivity index (χ0v) is 45.3. The Kier molecular flexibility index (Phi) is 20.5. The summed E-state index contributed by atoms with van der Waals surface area (Å²) in [6.07, 6.45) is 17.3. The van der Waals surface area contributed by atoms with E-state index in [2.05, 4.69) is 20.2 Å². The van der Waals surface area contributed by atoms with Crippen LogP contribution >= 0.6 is 0 Å². The number of allylic oxidation sites excluding steroid dienone is 6. The van der Waals surface area contributed by atoms with Crippen molar-refractivity contribution in [1.29, 1.82) is 0 Å². The fourth-order valence-electron chi connectivity index (χ4n) is 9.86. The second kappa shape index (κ2) is 25.8. The molecule has 5 rings (SSSR count). The molecule has 2 aromatic rings. The van der Waals surface area contributed by atoms with Gasteiger partial charge < -0.3 is 30.1 Å². The van der Waals surface area contributed by atoms with Gasteiger partial charge in [0.05, 0.1) is 21.8 Å². The highest BCUT2D eigenvalue weighted by Gasteiger charge is 2.45. The summed E-state index contributed by atoms with van der Waals surface area (Å²) in [5.41, 5.74) is 11.7. The van der Waals surface area contributed by atoms with Gasteiger partial charge >= 0.3 is 5.97 Å². The van der Waals surface area contributed by atoms with Crippen molar-refractivity contribution in [3.8, 4) is 0 Å². The third kappa shape index (κ3) is 15.3. The van der Waals surface area contributed by atoms with Crippen LogP contribution in [0.4, 0.5) is 11.4 Å². The van der Waals surface area contributed by atoms with Gasteiger partial charge in [0.2, 0.25) is 23.4 Å². The number of carbonyl (C=O) groups is 6. The van der Waals surface area contributed by atoms with Crippen LogP contribution in [0.2, 0.25) is 0 Å². The number of nitrogens with one attached hydrogen (secondary N) is 2. The fourth-order valence-corrected chi connectivity index (χ4v) is 10.9. The number of hydrazine groups is 1. The lowest BCUT2D eigenvalue weighted by atomic mass is 9.80. The summed E-state index contributed by atoms with van der Waals surface area (Å²) in [7, 11) is -9.07. The number of nitrogens with two attached hydrogens (primary N) is 1. The number of primary amides is 1. The molecule has 0 unspecified atom stereocenters. The number of anilines is 1. The molecule has 75 heavy (non-hydrogen) atoms. The number of nitrogens with zero attached hydrogens (tertiary/aromatic N) is 4. The molecule has 0 radical (unpaired) electrons. The van der Waals surface area contributed by atoms with Gasteiger partial charge in [-0.3, -0.25) is 34.0 Å². The quantitative estimate of drug-likeness (QED) is 0.0191. The van der Waals surface area contributed by atoms with Crippen molar-refractivity contribution < 1.29 is 64.0 Å². The second-order valence-electron chi connectivity index (χ2n) is 19.6. The first-order valence-electron chi connectivity index (χ1n) is 25.3.